The van der Waals surface area contributed by atoms with Gasteiger partial charge in [-0.25, -0.2) is 0 Å². The molecule has 0 bridgehead atoms. The van der Waals surface area contributed by atoms with E-state index in [4.69, 9.17) is 0 Å². The van der Waals surface area contributed by atoms with Crippen LogP contribution in [0.4, 0.5) is 0 Å². The van der Waals surface area contributed by atoms with Gasteiger partial charge in [0.1, 0.15) is 0 Å². The average molecular weight is 212 g/mol. The molecular formula is C14H28O. The first-order chi connectivity index (χ1) is 6.68. The van der Waals surface area contributed by atoms with Crippen LogP contribution in [0.25, 0.3) is 0 Å². The minimum Gasteiger partial charge on any atom is -0.390 e. The molecule has 1 nitrogen and oxygen atoms in total. The Morgan fingerprint density at radius 3 is 1.80 bits per heavy atom. The lowest BCUT2D eigenvalue weighted by molar-refractivity contribution is -0.0914. The summed E-state index contributed by atoms with van der Waals surface area (Å²) in [5.41, 5.74) is 0.190. The maximum absolute atomic E-state index is 10.7. The second kappa shape index (κ2) is 4.08. The molecule has 0 radical (unpaired) electrons. The zero-order chi connectivity index (χ0) is 11.7. The van der Waals surface area contributed by atoms with Crippen molar-refractivity contribution >= 4 is 0 Å². The van der Waals surface area contributed by atoms with E-state index < -0.39 is 5.60 Å². The second-order valence-electron chi connectivity index (χ2n) is 7.19. The summed E-state index contributed by atoms with van der Waals surface area (Å²) in [7, 11) is 0. The van der Waals surface area contributed by atoms with E-state index in [0.717, 1.165) is 25.7 Å². The van der Waals surface area contributed by atoms with Crippen molar-refractivity contribution in [3.8, 4) is 0 Å². The second-order valence-corrected chi connectivity index (χ2v) is 7.19. The molecule has 1 aliphatic carbocycles. The minimum absolute atomic E-state index is 0.296. The van der Waals surface area contributed by atoms with Crippen molar-refractivity contribution in [2.24, 2.45) is 10.8 Å². The lowest BCUT2D eigenvalue weighted by atomic mass is 9.59. The molecular weight excluding hydrogens is 184 g/mol. The normalized spacial score (nSPS) is 27.6. The van der Waals surface area contributed by atoms with Crippen LogP contribution in [0.15, 0.2) is 0 Å². The molecule has 1 N–H and O–H groups in total. The van der Waals surface area contributed by atoms with Crippen molar-refractivity contribution in [3.63, 3.8) is 0 Å². The summed E-state index contributed by atoms with van der Waals surface area (Å²) in [5.74, 6) is 0. The molecule has 0 unspecified atom stereocenters. The minimum atomic E-state index is -0.402. The van der Waals surface area contributed by atoms with Gasteiger partial charge in [-0.3, -0.25) is 0 Å². The largest absolute Gasteiger partial charge is 0.390 e. The third kappa shape index (κ3) is 3.79. The molecule has 90 valence electrons. The molecule has 0 aromatic heterocycles. The number of aliphatic hydroxyl groups is 1. The highest BCUT2D eigenvalue weighted by atomic mass is 16.3. The van der Waals surface area contributed by atoms with Crippen LogP contribution in [0.5, 0.6) is 0 Å². The molecule has 0 aromatic rings. The third-order valence-corrected chi connectivity index (χ3v) is 3.57. The molecule has 0 aromatic carbocycles. The fraction of sp³-hybridized carbons (Fsp3) is 1.00. The molecule has 1 saturated carbocycles. The van der Waals surface area contributed by atoms with E-state index in [1.807, 2.05) is 0 Å². The molecule has 1 aliphatic rings. The van der Waals surface area contributed by atoms with Crippen LogP contribution < -0.4 is 0 Å². The van der Waals surface area contributed by atoms with Crippen LogP contribution in [0.1, 0.15) is 73.1 Å². The van der Waals surface area contributed by atoms with Crippen molar-refractivity contribution in [1.29, 1.82) is 0 Å². The average Bonchev–Trinajstić information content (AvgIpc) is 1.93. The highest BCUT2D eigenvalue weighted by Gasteiger charge is 2.45. The molecule has 1 fully saturated rings. The van der Waals surface area contributed by atoms with Gasteiger partial charge in [0, 0.05) is 0 Å². The first-order valence-electron chi connectivity index (χ1n) is 6.41. The highest BCUT2D eigenvalue weighted by molar-refractivity contribution is 4.97. The maximum Gasteiger partial charge on any atom is 0.0658 e. The van der Waals surface area contributed by atoms with Gasteiger partial charge in [0.25, 0.3) is 0 Å². The first-order valence-corrected chi connectivity index (χ1v) is 6.41. The van der Waals surface area contributed by atoms with E-state index in [-0.39, 0.29) is 0 Å². The predicted molar refractivity (Wildman–Crippen MR) is 65.9 cm³/mol. The Kier molecular flexibility index (Phi) is 3.55. The van der Waals surface area contributed by atoms with Gasteiger partial charge in [0.15, 0.2) is 0 Å². The highest BCUT2D eigenvalue weighted by Crippen LogP contribution is 2.51. The Hall–Kier alpha value is -0.0400. The van der Waals surface area contributed by atoms with Crippen molar-refractivity contribution < 1.29 is 5.11 Å². The van der Waals surface area contributed by atoms with E-state index in [9.17, 15) is 5.11 Å². The Morgan fingerprint density at radius 1 is 0.933 bits per heavy atom. The van der Waals surface area contributed by atoms with Crippen LogP contribution in [0, 0.1) is 10.8 Å². The maximum atomic E-state index is 10.7. The Bertz CT molecular complexity index is 199. The van der Waals surface area contributed by atoms with Gasteiger partial charge >= 0.3 is 0 Å². The molecule has 0 atom stereocenters. The van der Waals surface area contributed by atoms with Crippen LogP contribution in [-0.2, 0) is 0 Å². The number of hydrogen-bond acceptors (Lipinski definition) is 1. The van der Waals surface area contributed by atoms with Gasteiger partial charge in [-0.2, -0.15) is 0 Å². The third-order valence-electron chi connectivity index (χ3n) is 3.57. The van der Waals surface area contributed by atoms with Crippen molar-refractivity contribution in [3.05, 3.63) is 0 Å². The van der Waals surface area contributed by atoms with Crippen molar-refractivity contribution in [1.82, 2.24) is 0 Å². The van der Waals surface area contributed by atoms with Gasteiger partial charge in [0.05, 0.1) is 5.60 Å². The summed E-state index contributed by atoms with van der Waals surface area (Å²) in [5, 5.41) is 10.7. The topological polar surface area (TPSA) is 20.2 Å². The van der Waals surface area contributed by atoms with Gasteiger partial charge < -0.3 is 5.11 Å². The Morgan fingerprint density at radius 2 is 1.40 bits per heavy atom. The van der Waals surface area contributed by atoms with Gasteiger partial charge in [0.2, 0.25) is 0 Å². The summed E-state index contributed by atoms with van der Waals surface area (Å²) < 4.78 is 0. The van der Waals surface area contributed by atoms with Crippen LogP contribution >= 0.6 is 0 Å². The predicted octanol–water partition coefficient (Wildman–Crippen LogP) is 4.14. The fourth-order valence-electron chi connectivity index (χ4n) is 3.95. The number of unbranched alkanes of at least 4 members (excludes halogenated alkanes) is 1. The van der Waals surface area contributed by atoms with E-state index in [2.05, 4.69) is 34.6 Å². The summed E-state index contributed by atoms with van der Waals surface area (Å²) in [6.45, 7) is 11.4. The standard InChI is InChI=1S/C14H28O/c1-6-7-8-14(15)10-12(2,3)9-13(4,5)11-14/h15H,6-11H2,1-5H3. The zero-order valence-electron chi connectivity index (χ0n) is 11.2. The molecule has 0 amide bonds. The molecule has 0 saturated heterocycles. The van der Waals surface area contributed by atoms with Crippen LogP contribution in [0.3, 0.4) is 0 Å². The summed E-state index contributed by atoms with van der Waals surface area (Å²) in [6.07, 6.45) is 6.50. The lowest BCUT2D eigenvalue weighted by Gasteiger charge is -2.49. The lowest BCUT2D eigenvalue weighted by Crippen LogP contribution is -2.45. The van der Waals surface area contributed by atoms with E-state index in [1.165, 1.54) is 12.8 Å². The Labute approximate surface area is 95.3 Å². The molecule has 0 spiro atoms. The van der Waals surface area contributed by atoms with Gasteiger partial charge in [-0.1, -0.05) is 47.5 Å². The van der Waals surface area contributed by atoms with E-state index in [0.29, 0.717) is 10.8 Å². The monoisotopic (exact) mass is 212 g/mol. The number of hydrogen-bond donors (Lipinski definition) is 1. The zero-order valence-corrected chi connectivity index (χ0v) is 11.2. The van der Waals surface area contributed by atoms with Gasteiger partial charge in [-0.05, 0) is 36.5 Å². The number of rotatable bonds is 3. The first kappa shape index (κ1) is 13.0. The Balaban J connectivity index is 2.73. The molecule has 0 heterocycles. The van der Waals surface area contributed by atoms with Crippen LogP contribution in [-0.4, -0.2) is 10.7 Å². The molecule has 1 heteroatoms. The fourth-order valence-corrected chi connectivity index (χ4v) is 3.95. The van der Waals surface area contributed by atoms with Crippen molar-refractivity contribution in [2.75, 3.05) is 0 Å². The van der Waals surface area contributed by atoms with E-state index in [1.54, 1.807) is 0 Å². The molecule has 1 rings (SSSR count). The SMILES string of the molecule is CCCCC1(O)CC(C)(C)CC(C)(C)C1. The quantitative estimate of drug-likeness (QED) is 0.745. The summed E-state index contributed by atoms with van der Waals surface area (Å²) in [6, 6.07) is 0. The summed E-state index contributed by atoms with van der Waals surface area (Å²) in [4.78, 5) is 0. The van der Waals surface area contributed by atoms with Gasteiger partial charge in [-0.15, -0.1) is 0 Å². The smallest absolute Gasteiger partial charge is 0.0658 e. The van der Waals surface area contributed by atoms with E-state index >= 15 is 0 Å². The molecule has 15 heavy (non-hydrogen) atoms. The summed E-state index contributed by atoms with van der Waals surface area (Å²) >= 11 is 0. The van der Waals surface area contributed by atoms with Crippen LogP contribution in [0.2, 0.25) is 0 Å². The van der Waals surface area contributed by atoms with Crippen molar-refractivity contribution in [2.45, 2.75) is 78.7 Å². The molecule has 0 aliphatic heterocycles.